The van der Waals surface area contributed by atoms with E-state index < -0.39 is 10.0 Å². The number of likely N-dealkylation sites (N-methyl/N-ethyl adjacent to an activating group) is 1. The Bertz CT molecular complexity index is 628. The lowest BCUT2D eigenvalue weighted by Gasteiger charge is -2.33. The van der Waals surface area contributed by atoms with Crippen LogP contribution in [-0.2, 0) is 21.2 Å². The number of hydrogen-bond donors (Lipinski definition) is 0. The lowest BCUT2D eigenvalue weighted by Crippen LogP contribution is -2.47. The van der Waals surface area contributed by atoms with Gasteiger partial charge in [0.05, 0.1) is 12.8 Å². The average Bonchev–Trinajstić information content (AvgIpc) is 2.58. The number of rotatable bonds is 7. The summed E-state index contributed by atoms with van der Waals surface area (Å²) >= 11 is 0. The van der Waals surface area contributed by atoms with Gasteiger partial charge in [-0.15, -0.1) is 0 Å². The first kappa shape index (κ1) is 18.9. The minimum absolute atomic E-state index is 0.0358. The quantitative estimate of drug-likeness (QED) is 0.748. The predicted molar refractivity (Wildman–Crippen MR) is 94.0 cm³/mol. The van der Waals surface area contributed by atoms with Crippen LogP contribution in [0.3, 0.4) is 0 Å². The van der Waals surface area contributed by atoms with Crippen molar-refractivity contribution in [1.82, 2.24) is 14.2 Å². The van der Waals surface area contributed by atoms with Gasteiger partial charge in [0.2, 0.25) is 15.9 Å². The number of nitrogens with zero attached hydrogens (tertiary/aromatic N) is 3. The molecular formula is C17H27N3O3S. The number of hydrogen-bond acceptors (Lipinski definition) is 4. The Morgan fingerprint density at radius 1 is 1.21 bits per heavy atom. The van der Waals surface area contributed by atoms with Crippen molar-refractivity contribution in [2.75, 3.05) is 26.4 Å². The molecule has 0 atom stereocenters. The van der Waals surface area contributed by atoms with E-state index in [0.717, 1.165) is 44.1 Å². The van der Waals surface area contributed by atoms with E-state index in [1.165, 1.54) is 10.6 Å². The first-order chi connectivity index (χ1) is 11.4. The van der Waals surface area contributed by atoms with Crippen LogP contribution >= 0.6 is 0 Å². The van der Waals surface area contributed by atoms with Crippen LogP contribution in [-0.4, -0.2) is 60.9 Å². The number of aromatic nitrogens is 1. The van der Waals surface area contributed by atoms with Gasteiger partial charge in [0.1, 0.15) is 0 Å². The lowest BCUT2D eigenvalue weighted by molar-refractivity contribution is -0.130. The Kier molecular flexibility index (Phi) is 6.74. The Balaban J connectivity index is 1.93. The molecule has 0 saturated heterocycles. The molecule has 24 heavy (non-hydrogen) atoms. The maximum atomic E-state index is 12.5. The van der Waals surface area contributed by atoms with Crippen molar-refractivity contribution in [1.29, 1.82) is 0 Å². The van der Waals surface area contributed by atoms with Gasteiger partial charge in [-0.25, -0.2) is 8.42 Å². The van der Waals surface area contributed by atoms with E-state index in [2.05, 4.69) is 4.98 Å². The van der Waals surface area contributed by atoms with Gasteiger partial charge in [0.25, 0.3) is 0 Å². The number of carbonyl (C=O) groups is 1. The highest BCUT2D eigenvalue weighted by molar-refractivity contribution is 7.88. The van der Waals surface area contributed by atoms with Crippen LogP contribution in [0.25, 0.3) is 0 Å². The van der Waals surface area contributed by atoms with Crippen molar-refractivity contribution < 1.29 is 13.2 Å². The van der Waals surface area contributed by atoms with E-state index in [9.17, 15) is 13.2 Å². The molecule has 0 bridgehead atoms. The molecule has 1 heterocycles. The molecule has 0 spiro atoms. The van der Waals surface area contributed by atoms with Crippen molar-refractivity contribution in [3.8, 4) is 0 Å². The largest absolute Gasteiger partial charge is 0.344 e. The fourth-order valence-electron chi connectivity index (χ4n) is 3.11. The summed E-state index contributed by atoms with van der Waals surface area (Å²) < 4.78 is 25.6. The first-order valence-corrected chi connectivity index (χ1v) is 10.3. The molecule has 1 aromatic heterocycles. The van der Waals surface area contributed by atoms with Crippen LogP contribution in [0.1, 0.15) is 37.7 Å². The third-order valence-corrected chi connectivity index (χ3v) is 5.89. The molecule has 0 aromatic carbocycles. The summed E-state index contributed by atoms with van der Waals surface area (Å²) in [7, 11) is -1.66. The van der Waals surface area contributed by atoms with E-state index in [4.69, 9.17) is 0 Å². The van der Waals surface area contributed by atoms with E-state index in [-0.39, 0.29) is 18.5 Å². The van der Waals surface area contributed by atoms with Crippen molar-refractivity contribution in [2.45, 2.75) is 44.6 Å². The first-order valence-electron chi connectivity index (χ1n) is 8.47. The molecular weight excluding hydrogens is 326 g/mol. The molecule has 1 saturated carbocycles. The fourth-order valence-corrected chi connectivity index (χ4v) is 4.21. The normalized spacial score (nSPS) is 16.3. The number of pyridine rings is 1. The monoisotopic (exact) mass is 353 g/mol. The molecule has 134 valence electrons. The van der Waals surface area contributed by atoms with Crippen LogP contribution in [0.2, 0.25) is 0 Å². The average molecular weight is 353 g/mol. The van der Waals surface area contributed by atoms with Gasteiger partial charge < -0.3 is 4.90 Å². The maximum Gasteiger partial charge on any atom is 0.237 e. The number of sulfonamides is 1. The molecule has 1 amide bonds. The van der Waals surface area contributed by atoms with Gasteiger partial charge in [0.15, 0.2) is 0 Å². The minimum atomic E-state index is -3.38. The Labute approximate surface area is 144 Å². The molecule has 1 aromatic rings. The predicted octanol–water partition coefficient (Wildman–Crippen LogP) is 1.68. The standard InChI is InChI=1S/C17H27N3O3S/c1-19(13-10-15-8-11-18-12-9-15)17(21)14-20(24(2,22)23)16-6-4-3-5-7-16/h8-9,11-12,16H,3-7,10,13-14H2,1-2H3. The smallest absolute Gasteiger partial charge is 0.237 e. The highest BCUT2D eigenvalue weighted by Crippen LogP contribution is 2.24. The summed E-state index contributed by atoms with van der Waals surface area (Å²) in [5.74, 6) is -0.153. The fraction of sp³-hybridized carbons (Fsp3) is 0.647. The zero-order valence-corrected chi connectivity index (χ0v) is 15.3. The number of amides is 1. The van der Waals surface area contributed by atoms with Gasteiger partial charge in [-0.1, -0.05) is 19.3 Å². The highest BCUT2D eigenvalue weighted by Gasteiger charge is 2.30. The molecule has 2 rings (SSSR count). The third kappa shape index (κ3) is 5.56. The summed E-state index contributed by atoms with van der Waals surface area (Å²) in [5.41, 5.74) is 1.11. The Hall–Kier alpha value is -1.47. The summed E-state index contributed by atoms with van der Waals surface area (Å²) in [6.07, 6.45) is 10.3. The third-order valence-electron chi connectivity index (χ3n) is 4.61. The highest BCUT2D eigenvalue weighted by atomic mass is 32.2. The summed E-state index contributed by atoms with van der Waals surface area (Å²) in [6, 6.07) is 3.80. The Morgan fingerprint density at radius 3 is 2.42 bits per heavy atom. The van der Waals surface area contributed by atoms with E-state index in [1.54, 1.807) is 24.3 Å². The molecule has 1 aliphatic rings. The molecule has 6 nitrogen and oxygen atoms in total. The second-order valence-corrected chi connectivity index (χ2v) is 8.46. The molecule has 0 N–H and O–H groups in total. The summed E-state index contributed by atoms with van der Waals surface area (Å²) in [4.78, 5) is 18.1. The topological polar surface area (TPSA) is 70.6 Å². The van der Waals surface area contributed by atoms with Crippen molar-refractivity contribution >= 4 is 15.9 Å². The van der Waals surface area contributed by atoms with Crippen LogP contribution in [0.15, 0.2) is 24.5 Å². The van der Waals surface area contributed by atoms with Gasteiger partial charge in [0, 0.05) is 32.0 Å². The van der Waals surface area contributed by atoms with Crippen molar-refractivity contribution in [3.05, 3.63) is 30.1 Å². The van der Waals surface area contributed by atoms with Crippen LogP contribution in [0.5, 0.6) is 0 Å². The van der Waals surface area contributed by atoms with Crippen LogP contribution < -0.4 is 0 Å². The van der Waals surface area contributed by atoms with Crippen molar-refractivity contribution in [3.63, 3.8) is 0 Å². The molecule has 1 fully saturated rings. The zero-order valence-electron chi connectivity index (χ0n) is 14.5. The van der Waals surface area contributed by atoms with E-state index in [1.807, 2.05) is 12.1 Å². The Morgan fingerprint density at radius 2 is 1.83 bits per heavy atom. The molecule has 0 aliphatic heterocycles. The van der Waals surface area contributed by atoms with Crippen LogP contribution in [0, 0.1) is 0 Å². The van der Waals surface area contributed by atoms with Gasteiger partial charge in [-0.3, -0.25) is 9.78 Å². The molecule has 1 aliphatic carbocycles. The van der Waals surface area contributed by atoms with E-state index >= 15 is 0 Å². The van der Waals surface area contributed by atoms with Gasteiger partial charge in [-0.05, 0) is 37.0 Å². The molecule has 0 radical (unpaired) electrons. The molecule has 0 unspecified atom stereocenters. The van der Waals surface area contributed by atoms with Gasteiger partial charge >= 0.3 is 0 Å². The van der Waals surface area contributed by atoms with E-state index in [0.29, 0.717) is 6.54 Å². The van der Waals surface area contributed by atoms with Crippen LogP contribution in [0.4, 0.5) is 0 Å². The summed E-state index contributed by atoms with van der Waals surface area (Å²) in [5, 5.41) is 0. The lowest BCUT2D eigenvalue weighted by atomic mass is 9.95. The molecule has 7 heteroatoms. The SMILES string of the molecule is CN(CCc1ccncc1)C(=O)CN(C1CCCCC1)S(C)(=O)=O. The zero-order chi connectivity index (χ0) is 17.6. The second-order valence-electron chi connectivity index (χ2n) is 6.52. The van der Waals surface area contributed by atoms with Gasteiger partial charge in [-0.2, -0.15) is 4.31 Å². The summed E-state index contributed by atoms with van der Waals surface area (Å²) in [6.45, 7) is 0.501. The second kappa shape index (κ2) is 8.58. The number of carbonyl (C=O) groups excluding carboxylic acids is 1. The van der Waals surface area contributed by atoms with Crippen molar-refractivity contribution in [2.24, 2.45) is 0 Å². The minimum Gasteiger partial charge on any atom is -0.344 e. The maximum absolute atomic E-state index is 12.5.